The molecule has 1 atom stereocenters. The maximum Gasteiger partial charge on any atom is 0.254 e. The Bertz CT molecular complexity index is 1040. The lowest BCUT2D eigenvalue weighted by Crippen LogP contribution is -2.43. The fraction of sp³-hybridized carbons (Fsp3) is 0.300. The molecule has 1 heterocycles. The molecule has 2 aromatic carbocycles. The molecule has 7 nitrogen and oxygen atoms in total. The molecule has 0 aromatic heterocycles. The van der Waals surface area contributed by atoms with E-state index in [2.05, 4.69) is 5.32 Å². The van der Waals surface area contributed by atoms with Crippen LogP contribution in [0.2, 0.25) is 5.02 Å². The van der Waals surface area contributed by atoms with E-state index >= 15 is 0 Å². The number of sulfone groups is 1. The first-order valence-electron chi connectivity index (χ1n) is 8.96. The van der Waals surface area contributed by atoms with E-state index < -0.39 is 21.8 Å². The van der Waals surface area contributed by atoms with Crippen LogP contribution in [0.3, 0.4) is 0 Å². The van der Waals surface area contributed by atoms with Crippen molar-refractivity contribution in [2.75, 3.05) is 25.2 Å². The molecule has 1 unspecified atom stereocenters. The van der Waals surface area contributed by atoms with Crippen LogP contribution in [0.5, 0.6) is 5.75 Å². The van der Waals surface area contributed by atoms with Crippen LogP contribution in [0.25, 0.3) is 0 Å². The van der Waals surface area contributed by atoms with Gasteiger partial charge < -0.3 is 15.0 Å². The van der Waals surface area contributed by atoms with E-state index in [-0.39, 0.29) is 21.4 Å². The van der Waals surface area contributed by atoms with Crippen LogP contribution in [-0.4, -0.2) is 51.1 Å². The molecule has 2 aromatic rings. The van der Waals surface area contributed by atoms with Crippen LogP contribution < -0.4 is 10.1 Å². The van der Waals surface area contributed by atoms with E-state index in [1.807, 2.05) is 0 Å². The number of nitrogens with zero attached hydrogens (tertiary/aromatic N) is 1. The number of anilines is 1. The fourth-order valence-electron chi connectivity index (χ4n) is 3.27. The summed E-state index contributed by atoms with van der Waals surface area (Å²) in [5.41, 5.74) is 0.778. The van der Waals surface area contributed by atoms with Crippen molar-refractivity contribution < 1.29 is 22.7 Å². The Balaban J connectivity index is 1.79. The van der Waals surface area contributed by atoms with Gasteiger partial charge in [-0.25, -0.2) is 8.42 Å². The van der Waals surface area contributed by atoms with Crippen molar-refractivity contribution in [2.45, 2.75) is 23.8 Å². The molecule has 1 saturated heterocycles. The second-order valence-corrected chi connectivity index (χ2v) is 9.18. The zero-order valence-electron chi connectivity index (χ0n) is 16.0. The number of carbonyl (C=O) groups is 2. The number of amides is 2. The molecule has 1 N–H and O–H groups in total. The quantitative estimate of drug-likeness (QED) is 0.777. The Kier molecular flexibility index (Phi) is 6.14. The molecule has 1 aliphatic heterocycles. The summed E-state index contributed by atoms with van der Waals surface area (Å²) in [4.78, 5) is 27.1. The molecule has 1 fully saturated rings. The Morgan fingerprint density at radius 2 is 1.86 bits per heavy atom. The van der Waals surface area contributed by atoms with Crippen LogP contribution >= 0.6 is 11.6 Å². The summed E-state index contributed by atoms with van der Waals surface area (Å²) in [5, 5.41) is 2.87. The first kappa shape index (κ1) is 21.1. The summed E-state index contributed by atoms with van der Waals surface area (Å²) < 4.78 is 28.9. The van der Waals surface area contributed by atoms with Crippen molar-refractivity contribution in [1.29, 1.82) is 0 Å². The number of rotatable bonds is 5. The first-order valence-corrected chi connectivity index (χ1v) is 11.2. The van der Waals surface area contributed by atoms with Crippen molar-refractivity contribution in [3.63, 3.8) is 0 Å². The van der Waals surface area contributed by atoms with Gasteiger partial charge in [-0.05, 0) is 55.3 Å². The zero-order chi connectivity index (χ0) is 21.2. The molecule has 0 saturated carbocycles. The molecule has 29 heavy (non-hydrogen) atoms. The van der Waals surface area contributed by atoms with E-state index in [0.717, 1.165) is 6.26 Å². The van der Waals surface area contributed by atoms with Gasteiger partial charge in [0.2, 0.25) is 5.91 Å². The normalized spacial score (nSPS) is 16.5. The van der Waals surface area contributed by atoms with E-state index in [9.17, 15) is 18.0 Å². The third kappa shape index (κ3) is 4.71. The Hall–Kier alpha value is -2.58. The molecule has 2 amide bonds. The lowest BCUT2D eigenvalue weighted by atomic mass is 10.1. The summed E-state index contributed by atoms with van der Waals surface area (Å²) in [6.45, 7) is 0.413. The van der Waals surface area contributed by atoms with Crippen LogP contribution in [0, 0.1) is 0 Å². The molecule has 9 heteroatoms. The summed E-state index contributed by atoms with van der Waals surface area (Å²) in [5.74, 6) is -0.0256. The number of ether oxygens (including phenoxy) is 1. The lowest BCUT2D eigenvalue weighted by molar-refractivity contribution is -0.119. The van der Waals surface area contributed by atoms with Gasteiger partial charge in [0.25, 0.3) is 5.91 Å². The fourth-order valence-corrected chi connectivity index (χ4v) is 4.57. The maximum atomic E-state index is 13.0. The average Bonchev–Trinajstić information content (AvgIpc) is 3.17. The van der Waals surface area contributed by atoms with E-state index in [4.69, 9.17) is 16.3 Å². The summed E-state index contributed by atoms with van der Waals surface area (Å²) >= 11 is 5.96. The second kappa shape index (κ2) is 8.42. The molecule has 154 valence electrons. The number of hydrogen-bond donors (Lipinski definition) is 1. The minimum absolute atomic E-state index is 0.0549. The highest BCUT2D eigenvalue weighted by molar-refractivity contribution is 7.90. The third-order valence-corrected chi connectivity index (χ3v) is 6.33. The molecule has 0 bridgehead atoms. The Labute approximate surface area is 174 Å². The lowest BCUT2D eigenvalue weighted by Gasteiger charge is -2.24. The molecular formula is C20H21ClN2O5S. The van der Waals surface area contributed by atoms with Gasteiger partial charge in [0.1, 0.15) is 11.8 Å². The number of benzene rings is 2. The van der Waals surface area contributed by atoms with Crippen molar-refractivity contribution >= 4 is 38.9 Å². The number of hydrogen-bond acceptors (Lipinski definition) is 5. The SMILES string of the molecule is COc1ccc(NC(=O)C2CCCN2C(=O)c2ccc(Cl)c(S(C)(=O)=O)c2)cc1. The molecular weight excluding hydrogens is 416 g/mol. The van der Waals surface area contributed by atoms with Crippen LogP contribution in [0.1, 0.15) is 23.2 Å². The molecule has 1 aliphatic rings. The Morgan fingerprint density at radius 1 is 1.17 bits per heavy atom. The number of nitrogens with one attached hydrogen (secondary N) is 1. The third-order valence-electron chi connectivity index (χ3n) is 4.75. The topological polar surface area (TPSA) is 92.8 Å². The van der Waals surface area contributed by atoms with Crippen molar-refractivity contribution in [2.24, 2.45) is 0 Å². The van der Waals surface area contributed by atoms with Gasteiger partial charge in [0.15, 0.2) is 9.84 Å². The maximum absolute atomic E-state index is 13.0. The molecule has 3 rings (SSSR count). The van der Waals surface area contributed by atoms with Gasteiger partial charge in [-0.1, -0.05) is 11.6 Å². The summed E-state index contributed by atoms with van der Waals surface area (Å²) in [7, 11) is -2.02. The predicted molar refractivity (Wildman–Crippen MR) is 110 cm³/mol. The second-order valence-electron chi connectivity index (χ2n) is 6.79. The van der Waals surface area contributed by atoms with Crippen molar-refractivity contribution in [3.8, 4) is 5.75 Å². The monoisotopic (exact) mass is 436 g/mol. The van der Waals surface area contributed by atoms with Gasteiger partial charge in [0.05, 0.1) is 17.0 Å². The number of methoxy groups -OCH3 is 1. The highest BCUT2D eigenvalue weighted by atomic mass is 35.5. The summed E-state index contributed by atoms with van der Waals surface area (Å²) in [6.07, 6.45) is 2.24. The molecule has 0 aliphatic carbocycles. The van der Waals surface area contributed by atoms with Gasteiger partial charge in [-0.3, -0.25) is 9.59 Å². The van der Waals surface area contributed by atoms with Crippen LogP contribution in [0.4, 0.5) is 5.69 Å². The largest absolute Gasteiger partial charge is 0.497 e. The number of likely N-dealkylation sites (tertiary alicyclic amines) is 1. The first-order chi connectivity index (χ1) is 13.7. The predicted octanol–water partition coefficient (Wildman–Crippen LogP) is 3.00. The molecule has 0 spiro atoms. The van der Waals surface area contributed by atoms with Gasteiger partial charge >= 0.3 is 0 Å². The van der Waals surface area contributed by atoms with Crippen LogP contribution in [-0.2, 0) is 14.6 Å². The van der Waals surface area contributed by atoms with E-state index in [0.29, 0.717) is 30.8 Å². The van der Waals surface area contributed by atoms with Gasteiger partial charge in [0, 0.05) is 24.1 Å². The Morgan fingerprint density at radius 3 is 2.48 bits per heavy atom. The highest BCUT2D eigenvalue weighted by Crippen LogP contribution is 2.26. The highest BCUT2D eigenvalue weighted by Gasteiger charge is 2.35. The number of carbonyl (C=O) groups excluding carboxylic acids is 2. The summed E-state index contributed by atoms with van der Waals surface area (Å²) in [6, 6.07) is 10.4. The van der Waals surface area contributed by atoms with Gasteiger partial charge in [-0.15, -0.1) is 0 Å². The minimum Gasteiger partial charge on any atom is -0.497 e. The van der Waals surface area contributed by atoms with Gasteiger partial charge in [-0.2, -0.15) is 0 Å². The standard InChI is InChI=1S/C20H21ClN2O5S/c1-28-15-8-6-14(7-9-15)22-19(24)17-4-3-11-23(17)20(25)13-5-10-16(21)18(12-13)29(2,26)27/h5-10,12,17H,3-4,11H2,1-2H3,(H,22,24). The average molecular weight is 437 g/mol. The van der Waals surface area contributed by atoms with E-state index in [1.165, 1.54) is 23.1 Å². The zero-order valence-corrected chi connectivity index (χ0v) is 17.6. The van der Waals surface area contributed by atoms with E-state index in [1.54, 1.807) is 31.4 Å². The van der Waals surface area contributed by atoms with Crippen LogP contribution in [0.15, 0.2) is 47.4 Å². The smallest absolute Gasteiger partial charge is 0.254 e. The number of halogens is 1. The van der Waals surface area contributed by atoms with Crippen molar-refractivity contribution in [1.82, 2.24) is 4.90 Å². The molecule has 0 radical (unpaired) electrons. The minimum atomic E-state index is -3.58. The van der Waals surface area contributed by atoms with Crippen molar-refractivity contribution in [3.05, 3.63) is 53.1 Å².